The highest BCUT2D eigenvalue weighted by molar-refractivity contribution is 9.10. The number of methoxy groups -OCH3 is 2. The zero-order chi connectivity index (χ0) is 31.0. The van der Waals surface area contributed by atoms with E-state index in [4.69, 9.17) is 9.47 Å². The first-order valence-electron chi connectivity index (χ1n) is 13.5. The smallest absolute Gasteiger partial charge is 0.264 e. The molecule has 0 aliphatic carbocycles. The van der Waals surface area contributed by atoms with Gasteiger partial charge in [0.15, 0.2) is 11.5 Å². The SMILES string of the molecule is COc1ccc(N(CC(=O)N(Cc2cccc(Br)c2)C(C)C(=O)NCC(C)C)S(=O)(=O)c2ccc(C)cc2)cc1OC. The number of ether oxygens (including phenoxy) is 2. The van der Waals surface area contributed by atoms with Gasteiger partial charge in [-0.05, 0) is 61.7 Å². The van der Waals surface area contributed by atoms with Crippen molar-refractivity contribution in [3.63, 3.8) is 0 Å². The van der Waals surface area contributed by atoms with Gasteiger partial charge in [0.25, 0.3) is 10.0 Å². The Morgan fingerprint density at radius 3 is 2.19 bits per heavy atom. The number of amides is 2. The van der Waals surface area contributed by atoms with Crippen molar-refractivity contribution in [2.75, 3.05) is 31.6 Å². The molecule has 1 N–H and O–H groups in total. The molecule has 0 aliphatic heterocycles. The van der Waals surface area contributed by atoms with Crippen molar-refractivity contribution in [1.82, 2.24) is 10.2 Å². The molecule has 9 nitrogen and oxygen atoms in total. The lowest BCUT2D eigenvalue weighted by atomic mass is 10.1. The fourth-order valence-corrected chi connectivity index (χ4v) is 6.07. The van der Waals surface area contributed by atoms with Gasteiger partial charge in [-0.2, -0.15) is 0 Å². The third-order valence-corrected chi connectivity index (χ3v) is 8.92. The van der Waals surface area contributed by atoms with E-state index in [1.165, 1.54) is 37.3 Å². The second kappa shape index (κ2) is 14.6. The number of anilines is 1. The molecule has 0 aromatic heterocycles. The van der Waals surface area contributed by atoms with Crippen molar-refractivity contribution < 1.29 is 27.5 Å². The summed E-state index contributed by atoms with van der Waals surface area (Å²) in [6.07, 6.45) is 0. The van der Waals surface area contributed by atoms with Crippen LogP contribution in [0.15, 0.2) is 76.1 Å². The van der Waals surface area contributed by atoms with Crippen molar-refractivity contribution in [1.29, 1.82) is 0 Å². The molecule has 226 valence electrons. The molecule has 0 bridgehead atoms. The topological polar surface area (TPSA) is 105 Å². The fraction of sp³-hybridized carbons (Fsp3) is 0.355. The van der Waals surface area contributed by atoms with Gasteiger partial charge in [-0.3, -0.25) is 13.9 Å². The maximum atomic E-state index is 14.1. The average Bonchev–Trinajstić information content (AvgIpc) is 2.96. The van der Waals surface area contributed by atoms with E-state index in [2.05, 4.69) is 21.2 Å². The van der Waals surface area contributed by atoms with Gasteiger partial charge in [-0.1, -0.05) is 59.6 Å². The molecule has 3 aromatic rings. The highest BCUT2D eigenvalue weighted by Gasteiger charge is 2.33. The van der Waals surface area contributed by atoms with Gasteiger partial charge >= 0.3 is 0 Å². The Labute approximate surface area is 257 Å². The molecule has 42 heavy (non-hydrogen) atoms. The summed E-state index contributed by atoms with van der Waals surface area (Å²) in [6.45, 7) is 7.44. The number of carbonyl (C=O) groups is 2. The van der Waals surface area contributed by atoms with E-state index in [0.29, 0.717) is 18.0 Å². The third-order valence-electron chi connectivity index (χ3n) is 6.64. The summed E-state index contributed by atoms with van der Waals surface area (Å²) < 4.78 is 40.7. The molecule has 0 spiro atoms. The number of nitrogens with one attached hydrogen (secondary N) is 1. The van der Waals surface area contributed by atoms with Gasteiger partial charge < -0.3 is 19.7 Å². The van der Waals surface area contributed by atoms with Gasteiger partial charge in [0, 0.05) is 23.6 Å². The summed E-state index contributed by atoms with van der Waals surface area (Å²) in [4.78, 5) is 28.6. The number of hydrogen-bond acceptors (Lipinski definition) is 6. The quantitative estimate of drug-likeness (QED) is 0.272. The summed E-state index contributed by atoms with van der Waals surface area (Å²) >= 11 is 3.46. The lowest BCUT2D eigenvalue weighted by Gasteiger charge is -2.32. The van der Waals surface area contributed by atoms with Crippen LogP contribution >= 0.6 is 15.9 Å². The minimum absolute atomic E-state index is 0.0250. The Bertz CT molecular complexity index is 1490. The number of carbonyl (C=O) groups excluding carboxylic acids is 2. The zero-order valence-corrected chi connectivity index (χ0v) is 27.2. The first kappa shape index (κ1) is 32.9. The number of sulfonamides is 1. The molecule has 3 aromatic carbocycles. The standard InChI is InChI=1S/C31H38BrN3O6S/c1-21(2)18-33-31(37)23(4)34(19-24-8-7-9-25(32)16-24)30(36)20-35(26-12-15-28(40-5)29(17-26)41-6)42(38,39)27-13-10-22(3)11-14-27/h7-17,21,23H,18-20H2,1-6H3,(H,33,37). The predicted molar refractivity (Wildman–Crippen MR) is 167 cm³/mol. The van der Waals surface area contributed by atoms with E-state index in [0.717, 1.165) is 19.9 Å². The maximum absolute atomic E-state index is 14.1. The summed E-state index contributed by atoms with van der Waals surface area (Å²) in [5.41, 5.74) is 1.88. The Morgan fingerprint density at radius 1 is 0.929 bits per heavy atom. The monoisotopic (exact) mass is 659 g/mol. The van der Waals surface area contributed by atoms with Gasteiger partial charge in [0.1, 0.15) is 12.6 Å². The van der Waals surface area contributed by atoms with Gasteiger partial charge in [0.2, 0.25) is 11.8 Å². The van der Waals surface area contributed by atoms with Crippen LogP contribution in [0.1, 0.15) is 31.9 Å². The van der Waals surface area contributed by atoms with Gasteiger partial charge in [-0.25, -0.2) is 8.42 Å². The van der Waals surface area contributed by atoms with E-state index in [9.17, 15) is 18.0 Å². The summed E-state index contributed by atoms with van der Waals surface area (Å²) in [6, 6.07) is 17.6. The number of halogens is 1. The third kappa shape index (κ3) is 8.25. The second-order valence-electron chi connectivity index (χ2n) is 10.3. The van der Waals surface area contributed by atoms with Crippen molar-refractivity contribution in [3.05, 3.63) is 82.3 Å². The van der Waals surface area contributed by atoms with E-state index in [1.807, 2.05) is 45.0 Å². The lowest BCUT2D eigenvalue weighted by Crippen LogP contribution is -2.51. The van der Waals surface area contributed by atoms with E-state index in [-0.39, 0.29) is 29.0 Å². The molecule has 0 saturated heterocycles. The minimum Gasteiger partial charge on any atom is -0.493 e. The van der Waals surface area contributed by atoms with Crippen LogP contribution in [0.4, 0.5) is 5.69 Å². The normalized spacial score (nSPS) is 12.0. The maximum Gasteiger partial charge on any atom is 0.264 e. The zero-order valence-electron chi connectivity index (χ0n) is 24.8. The Kier molecular flexibility index (Phi) is 11.4. The molecule has 0 fully saturated rings. The Balaban J connectivity index is 2.07. The number of rotatable bonds is 13. The number of hydrogen-bond donors (Lipinski definition) is 1. The van der Waals surface area contributed by atoms with Crippen molar-refractivity contribution in [2.45, 2.75) is 45.2 Å². The number of aryl methyl sites for hydroxylation is 1. The number of nitrogens with zero attached hydrogens (tertiary/aromatic N) is 2. The number of benzene rings is 3. The largest absolute Gasteiger partial charge is 0.493 e. The lowest BCUT2D eigenvalue weighted by molar-refractivity contribution is -0.139. The van der Waals surface area contributed by atoms with Crippen molar-refractivity contribution in [3.8, 4) is 11.5 Å². The molecular formula is C31H38BrN3O6S. The van der Waals surface area contributed by atoms with E-state index in [1.54, 1.807) is 31.2 Å². The first-order chi connectivity index (χ1) is 19.9. The molecular weight excluding hydrogens is 622 g/mol. The van der Waals surface area contributed by atoms with Crippen LogP contribution in [0.25, 0.3) is 0 Å². The summed E-state index contributed by atoms with van der Waals surface area (Å²) in [7, 11) is -1.28. The molecule has 0 aliphatic rings. The van der Waals surface area contributed by atoms with Crippen LogP contribution in [0.3, 0.4) is 0 Å². The van der Waals surface area contributed by atoms with Crippen LogP contribution in [-0.4, -0.2) is 58.5 Å². The Morgan fingerprint density at radius 2 is 1.60 bits per heavy atom. The van der Waals surface area contributed by atoms with Crippen LogP contribution < -0.4 is 19.1 Å². The summed E-state index contributed by atoms with van der Waals surface area (Å²) in [5.74, 6) is 0.0558. The van der Waals surface area contributed by atoms with Crippen LogP contribution in [0, 0.1) is 12.8 Å². The first-order valence-corrected chi connectivity index (χ1v) is 15.7. The van der Waals surface area contributed by atoms with E-state index < -0.39 is 28.5 Å². The van der Waals surface area contributed by atoms with Crippen LogP contribution in [0.2, 0.25) is 0 Å². The molecule has 0 heterocycles. The predicted octanol–water partition coefficient (Wildman–Crippen LogP) is 5.16. The highest BCUT2D eigenvalue weighted by Crippen LogP contribution is 2.34. The van der Waals surface area contributed by atoms with Crippen LogP contribution in [0.5, 0.6) is 11.5 Å². The molecule has 0 radical (unpaired) electrons. The highest BCUT2D eigenvalue weighted by atomic mass is 79.9. The second-order valence-corrected chi connectivity index (χ2v) is 13.1. The van der Waals surface area contributed by atoms with Crippen molar-refractivity contribution in [2.24, 2.45) is 5.92 Å². The average molecular weight is 661 g/mol. The summed E-state index contributed by atoms with van der Waals surface area (Å²) in [5, 5.41) is 2.88. The fourth-order valence-electron chi connectivity index (χ4n) is 4.21. The molecule has 1 unspecified atom stereocenters. The molecule has 1 atom stereocenters. The Hall–Kier alpha value is -3.57. The van der Waals surface area contributed by atoms with E-state index >= 15 is 0 Å². The molecule has 11 heteroatoms. The molecule has 2 amide bonds. The minimum atomic E-state index is -4.21. The molecule has 0 saturated carbocycles. The van der Waals surface area contributed by atoms with Gasteiger partial charge in [0.05, 0.1) is 24.8 Å². The van der Waals surface area contributed by atoms with Crippen LogP contribution in [-0.2, 0) is 26.2 Å². The van der Waals surface area contributed by atoms with Crippen molar-refractivity contribution >= 4 is 43.5 Å². The molecule has 3 rings (SSSR count). The van der Waals surface area contributed by atoms with Gasteiger partial charge in [-0.15, -0.1) is 0 Å².